The van der Waals surface area contributed by atoms with Crippen LogP contribution >= 0.6 is 0 Å². The zero-order chi connectivity index (χ0) is 15.4. The number of aryl methyl sites for hydroxylation is 1. The minimum Gasteiger partial charge on any atom is -0.502 e. The van der Waals surface area contributed by atoms with Gasteiger partial charge >= 0.3 is 0 Å². The van der Waals surface area contributed by atoms with E-state index in [1.165, 1.54) is 6.07 Å². The van der Waals surface area contributed by atoms with E-state index >= 15 is 0 Å². The molecule has 1 aliphatic heterocycles. The SMILES string of the molecule is Cc1cc(=O)c(O)c(CN2CCN(CCN(C)C)CC2)o1. The Morgan fingerprint density at radius 3 is 2.48 bits per heavy atom. The molecule has 0 saturated carbocycles. The maximum Gasteiger partial charge on any atom is 0.227 e. The van der Waals surface area contributed by atoms with E-state index in [0.29, 0.717) is 18.1 Å². The highest BCUT2D eigenvalue weighted by molar-refractivity contribution is 5.24. The number of rotatable bonds is 5. The van der Waals surface area contributed by atoms with Gasteiger partial charge in [0.1, 0.15) is 5.76 Å². The minimum atomic E-state index is -0.363. The predicted octanol–water partition coefficient (Wildman–Crippen LogP) is 0.333. The summed E-state index contributed by atoms with van der Waals surface area (Å²) in [5, 5.41) is 9.80. The van der Waals surface area contributed by atoms with Gasteiger partial charge in [-0.15, -0.1) is 0 Å². The molecule has 2 heterocycles. The van der Waals surface area contributed by atoms with Gasteiger partial charge in [-0.1, -0.05) is 0 Å². The van der Waals surface area contributed by atoms with E-state index in [1.807, 2.05) is 0 Å². The molecule has 1 aliphatic rings. The molecule has 118 valence electrons. The van der Waals surface area contributed by atoms with E-state index in [0.717, 1.165) is 39.3 Å². The number of nitrogens with zero attached hydrogens (tertiary/aromatic N) is 3. The standard InChI is InChI=1S/C15H25N3O3/c1-12-10-13(19)15(20)14(21-12)11-18-8-6-17(7-9-18)5-4-16(2)3/h10,20H,4-9,11H2,1-3H3. The van der Waals surface area contributed by atoms with Crippen LogP contribution < -0.4 is 5.43 Å². The first-order valence-corrected chi connectivity index (χ1v) is 7.37. The molecule has 21 heavy (non-hydrogen) atoms. The lowest BCUT2D eigenvalue weighted by molar-refractivity contribution is 0.112. The highest BCUT2D eigenvalue weighted by Gasteiger charge is 2.19. The van der Waals surface area contributed by atoms with Crippen molar-refractivity contribution in [2.24, 2.45) is 0 Å². The van der Waals surface area contributed by atoms with Crippen LogP contribution in [0.4, 0.5) is 0 Å². The van der Waals surface area contributed by atoms with E-state index in [2.05, 4.69) is 28.8 Å². The molecule has 6 heteroatoms. The van der Waals surface area contributed by atoms with Crippen LogP contribution in [0.2, 0.25) is 0 Å². The lowest BCUT2D eigenvalue weighted by atomic mass is 10.2. The third-order valence-electron chi connectivity index (χ3n) is 3.81. The van der Waals surface area contributed by atoms with Crippen LogP contribution in [0.5, 0.6) is 5.75 Å². The van der Waals surface area contributed by atoms with Gasteiger partial charge in [-0.3, -0.25) is 14.6 Å². The lowest BCUT2D eigenvalue weighted by Crippen LogP contribution is -2.47. The van der Waals surface area contributed by atoms with E-state index in [1.54, 1.807) is 6.92 Å². The molecular formula is C15H25N3O3. The number of aromatic hydroxyl groups is 1. The molecule has 1 fully saturated rings. The molecule has 0 bridgehead atoms. The van der Waals surface area contributed by atoms with Crippen molar-refractivity contribution in [2.45, 2.75) is 13.5 Å². The van der Waals surface area contributed by atoms with Crippen molar-refractivity contribution in [3.05, 3.63) is 27.8 Å². The largest absolute Gasteiger partial charge is 0.502 e. The van der Waals surface area contributed by atoms with Gasteiger partial charge < -0.3 is 14.4 Å². The van der Waals surface area contributed by atoms with Gasteiger partial charge in [0.15, 0.2) is 5.76 Å². The Balaban J connectivity index is 1.88. The molecule has 1 N–H and O–H groups in total. The fourth-order valence-electron chi connectivity index (χ4n) is 2.49. The molecule has 0 unspecified atom stereocenters. The molecule has 1 saturated heterocycles. The van der Waals surface area contributed by atoms with E-state index in [4.69, 9.17) is 4.42 Å². The van der Waals surface area contributed by atoms with Crippen LogP contribution in [0, 0.1) is 6.92 Å². The summed E-state index contributed by atoms with van der Waals surface area (Å²) in [4.78, 5) is 18.4. The normalized spacial score (nSPS) is 17.5. The summed E-state index contributed by atoms with van der Waals surface area (Å²) in [6, 6.07) is 1.32. The summed E-state index contributed by atoms with van der Waals surface area (Å²) in [6.45, 7) is 8.21. The summed E-state index contributed by atoms with van der Waals surface area (Å²) in [7, 11) is 4.16. The first-order chi connectivity index (χ1) is 9.95. The third kappa shape index (κ3) is 4.56. The molecule has 0 aromatic carbocycles. The van der Waals surface area contributed by atoms with Gasteiger partial charge in [0.25, 0.3) is 0 Å². The second-order valence-electron chi connectivity index (χ2n) is 5.91. The van der Waals surface area contributed by atoms with Crippen molar-refractivity contribution in [3.63, 3.8) is 0 Å². The van der Waals surface area contributed by atoms with Gasteiger partial charge in [-0.2, -0.15) is 0 Å². The molecule has 1 aromatic heterocycles. The summed E-state index contributed by atoms with van der Waals surface area (Å²) in [5.41, 5.74) is -0.363. The summed E-state index contributed by atoms with van der Waals surface area (Å²) < 4.78 is 5.49. The van der Waals surface area contributed by atoms with Crippen molar-refractivity contribution in [3.8, 4) is 5.75 Å². The maximum absolute atomic E-state index is 11.6. The van der Waals surface area contributed by atoms with Gasteiger partial charge in [0.05, 0.1) is 6.54 Å². The van der Waals surface area contributed by atoms with Crippen LogP contribution in [0.15, 0.2) is 15.3 Å². The van der Waals surface area contributed by atoms with Crippen LogP contribution in [-0.2, 0) is 6.54 Å². The third-order valence-corrected chi connectivity index (χ3v) is 3.81. The zero-order valence-electron chi connectivity index (χ0n) is 13.1. The summed E-state index contributed by atoms with van der Waals surface area (Å²) >= 11 is 0. The van der Waals surface area contributed by atoms with E-state index in [9.17, 15) is 9.90 Å². The number of hydrogen-bond acceptors (Lipinski definition) is 6. The molecule has 0 amide bonds. The molecule has 0 aliphatic carbocycles. The second kappa shape index (κ2) is 7.06. The van der Waals surface area contributed by atoms with Crippen molar-refractivity contribution < 1.29 is 9.52 Å². The van der Waals surface area contributed by atoms with Gasteiger partial charge in [0.2, 0.25) is 11.2 Å². The highest BCUT2D eigenvalue weighted by atomic mass is 16.4. The number of likely N-dealkylation sites (N-methyl/N-ethyl adjacent to an activating group) is 1. The fraction of sp³-hybridized carbons (Fsp3) is 0.667. The fourth-order valence-corrected chi connectivity index (χ4v) is 2.49. The number of piperazine rings is 1. The van der Waals surface area contributed by atoms with Crippen molar-refractivity contribution >= 4 is 0 Å². The average Bonchev–Trinajstić information content (AvgIpc) is 2.43. The first kappa shape index (κ1) is 16.0. The topological polar surface area (TPSA) is 60.2 Å². The Labute approximate surface area is 125 Å². The smallest absolute Gasteiger partial charge is 0.227 e. The van der Waals surface area contributed by atoms with Crippen LogP contribution in [-0.4, -0.2) is 73.2 Å². The molecule has 0 spiro atoms. The Morgan fingerprint density at radius 1 is 1.24 bits per heavy atom. The Bertz CT molecular complexity index is 519. The van der Waals surface area contributed by atoms with Crippen molar-refractivity contribution in [1.29, 1.82) is 0 Å². The van der Waals surface area contributed by atoms with Gasteiger partial charge in [0, 0.05) is 45.3 Å². The van der Waals surface area contributed by atoms with Crippen LogP contribution in [0.1, 0.15) is 11.5 Å². The summed E-state index contributed by atoms with van der Waals surface area (Å²) in [6.07, 6.45) is 0. The Kier molecular flexibility index (Phi) is 5.39. The highest BCUT2D eigenvalue weighted by Crippen LogP contribution is 2.16. The van der Waals surface area contributed by atoms with E-state index < -0.39 is 0 Å². The zero-order valence-corrected chi connectivity index (χ0v) is 13.1. The van der Waals surface area contributed by atoms with Crippen LogP contribution in [0.25, 0.3) is 0 Å². The molecular weight excluding hydrogens is 270 g/mol. The second-order valence-corrected chi connectivity index (χ2v) is 5.91. The predicted molar refractivity (Wildman–Crippen MR) is 81.7 cm³/mol. The quantitative estimate of drug-likeness (QED) is 0.845. The van der Waals surface area contributed by atoms with E-state index in [-0.39, 0.29) is 11.2 Å². The lowest BCUT2D eigenvalue weighted by Gasteiger charge is -2.34. The monoisotopic (exact) mass is 295 g/mol. The molecule has 1 aromatic rings. The molecule has 0 atom stereocenters. The maximum atomic E-state index is 11.6. The minimum absolute atomic E-state index is 0.254. The average molecular weight is 295 g/mol. The Hall–Kier alpha value is -1.37. The Morgan fingerprint density at radius 2 is 1.86 bits per heavy atom. The van der Waals surface area contributed by atoms with Gasteiger partial charge in [-0.25, -0.2) is 0 Å². The summed E-state index contributed by atoms with van der Waals surface area (Å²) in [5.74, 6) is 0.662. The molecule has 0 radical (unpaired) electrons. The van der Waals surface area contributed by atoms with Gasteiger partial charge in [-0.05, 0) is 21.0 Å². The molecule has 2 rings (SSSR count). The van der Waals surface area contributed by atoms with Crippen molar-refractivity contribution in [2.75, 3.05) is 53.4 Å². The first-order valence-electron chi connectivity index (χ1n) is 7.37. The molecule has 6 nitrogen and oxygen atoms in total. The van der Waals surface area contributed by atoms with Crippen LogP contribution in [0.3, 0.4) is 0 Å². The van der Waals surface area contributed by atoms with Crippen molar-refractivity contribution in [1.82, 2.24) is 14.7 Å². The number of hydrogen-bond donors (Lipinski definition) is 1.